The van der Waals surface area contributed by atoms with Crippen molar-refractivity contribution in [2.45, 2.75) is 202 Å². The second kappa shape index (κ2) is 16.4. The summed E-state index contributed by atoms with van der Waals surface area (Å²) in [4.78, 5) is 0. The molecule has 5 aliphatic heterocycles. The molecule has 1 spiro atoms. The summed E-state index contributed by atoms with van der Waals surface area (Å²) in [5.74, 6) is 0.726. The van der Waals surface area contributed by atoms with Gasteiger partial charge >= 0.3 is 0 Å². The fourth-order valence-corrected chi connectivity index (χ4v) is 13.8. The van der Waals surface area contributed by atoms with E-state index in [-0.39, 0.29) is 29.0 Å². The Labute approximate surface area is 357 Å². The van der Waals surface area contributed by atoms with Crippen LogP contribution in [0.1, 0.15) is 92.4 Å². The summed E-state index contributed by atoms with van der Waals surface area (Å²) < 4.78 is 49.4. The van der Waals surface area contributed by atoms with Gasteiger partial charge in [-0.25, -0.2) is 0 Å². The Morgan fingerprint density at radius 3 is 2.07 bits per heavy atom. The molecule has 17 nitrogen and oxygen atoms in total. The second-order valence-corrected chi connectivity index (χ2v) is 20.7. The highest BCUT2D eigenvalue weighted by Gasteiger charge is 2.76. The van der Waals surface area contributed by atoms with E-state index in [9.17, 15) is 46.0 Å². The smallest absolute Gasteiger partial charge is 0.187 e. The summed E-state index contributed by atoms with van der Waals surface area (Å²) in [6.07, 6.45) is -11.1. The molecule has 9 N–H and O–H groups in total. The topological polar surface area (TPSA) is 256 Å². The Morgan fingerprint density at radius 1 is 0.705 bits per heavy atom. The van der Waals surface area contributed by atoms with Crippen LogP contribution in [0, 0.1) is 40.4 Å². The van der Waals surface area contributed by atoms with E-state index in [0.717, 1.165) is 44.9 Å². The number of fused-ring (bicyclic) bond motifs is 7. The highest BCUT2D eigenvalue weighted by Crippen LogP contribution is 2.72. The summed E-state index contributed by atoms with van der Waals surface area (Å²) >= 11 is 0. The van der Waals surface area contributed by atoms with Crippen molar-refractivity contribution >= 4 is 0 Å². The second-order valence-electron chi connectivity index (χ2n) is 20.7. The number of allylic oxidation sites excluding steroid dienone is 1. The van der Waals surface area contributed by atoms with Crippen molar-refractivity contribution < 1.29 is 83.9 Å². The molecule has 25 atom stereocenters. The first-order chi connectivity index (χ1) is 28.9. The van der Waals surface area contributed by atoms with E-state index in [4.69, 9.17) is 37.9 Å². The quantitative estimate of drug-likeness (QED) is 0.145. The van der Waals surface area contributed by atoms with E-state index < -0.39 is 111 Å². The van der Waals surface area contributed by atoms with E-state index in [1.54, 1.807) is 0 Å². The van der Waals surface area contributed by atoms with Gasteiger partial charge in [0.15, 0.2) is 24.7 Å². The molecule has 0 radical (unpaired) electrons. The number of hydrogen-bond donors (Lipinski definition) is 9. The van der Waals surface area contributed by atoms with Gasteiger partial charge in [-0.3, -0.25) is 0 Å². The first-order valence-electron chi connectivity index (χ1n) is 22.9. The van der Waals surface area contributed by atoms with Gasteiger partial charge in [0.2, 0.25) is 0 Å². The SMILES string of the molecule is C[C@H]1CC[C@]2(OC1)O[C@@H]1C[C@@H]3[C@H]4CC=C5C[C@H](O[C@H]6O[C@@H](CO)[C@H](O[C@H]7O[C@H](CO)[C@@H](O)[C@@H]7O)[C@@H](O[C@H]7O[C@H](C)[C@@H](O)[C@H](O)[C@@H]7O)[C@@H]6O)CC[C@@]5(C)[C@@H]4CC[C@@]3(C)[C@]1(O)[C@H]2C. The van der Waals surface area contributed by atoms with Gasteiger partial charge in [-0.2, -0.15) is 0 Å². The zero-order valence-corrected chi connectivity index (χ0v) is 36.0. The fraction of sp³-hybridized carbons (Fsp3) is 0.955. The third-order valence-electron chi connectivity index (χ3n) is 17.6. The van der Waals surface area contributed by atoms with E-state index >= 15 is 0 Å². The molecule has 0 unspecified atom stereocenters. The van der Waals surface area contributed by atoms with Crippen LogP contribution in [-0.4, -0.2) is 175 Å². The van der Waals surface area contributed by atoms with Crippen molar-refractivity contribution in [1.29, 1.82) is 0 Å². The van der Waals surface area contributed by atoms with Gasteiger partial charge in [-0.05, 0) is 87.4 Å². The summed E-state index contributed by atoms with van der Waals surface area (Å²) in [6, 6.07) is 0. The van der Waals surface area contributed by atoms with Crippen LogP contribution in [0.25, 0.3) is 0 Å². The van der Waals surface area contributed by atoms with E-state index in [2.05, 4.69) is 33.8 Å². The summed E-state index contributed by atoms with van der Waals surface area (Å²) in [5.41, 5.74) is -0.0704. The first-order valence-corrected chi connectivity index (χ1v) is 22.9. The molecule has 4 aliphatic carbocycles. The van der Waals surface area contributed by atoms with Crippen molar-refractivity contribution in [3.8, 4) is 0 Å². The number of ether oxygens (including phenoxy) is 8. The van der Waals surface area contributed by atoms with Gasteiger partial charge in [0.05, 0.1) is 38.1 Å². The van der Waals surface area contributed by atoms with Crippen LogP contribution in [0.2, 0.25) is 0 Å². The average Bonchev–Trinajstić information content (AvgIpc) is 3.74. The molecule has 5 saturated heterocycles. The van der Waals surface area contributed by atoms with Crippen molar-refractivity contribution in [3.63, 3.8) is 0 Å². The molecule has 9 aliphatic rings. The maximum Gasteiger partial charge on any atom is 0.187 e. The molecule has 0 aromatic heterocycles. The number of rotatable bonds is 8. The monoisotopic (exact) mass is 870 g/mol. The van der Waals surface area contributed by atoms with Gasteiger partial charge < -0.3 is 83.9 Å². The lowest BCUT2D eigenvalue weighted by Crippen LogP contribution is -2.65. The lowest BCUT2D eigenvalue weighted by atomic mass is 9.46. The highest BCUT2D eigenvalue weighted by atomic mass is 16.8. The Bertz CT molecular complexity index is 1610. The van der Waals surface area contributed by atoms with Crippen molar-refractivity contribution in [1.82, 2.24) is 0 Å². The Morgan fingerprint density at radius 2 is 1.38 bits per heavy atom. The third-order valence-corrected chi connectivity index (χ3v) is 17.6. The minimum atomic E-state index is -1.74. The van der Waals surface area contributed by atoms with Crippen LogP contribution in [-0.2, 0) is 37.9 Å². The van der Waals surface area contributed by atoms with Gasteiger partial charge in [-0.15, -0.1) is 0 Å². The molecule has 17 heteroatoms. The summed E-state index contributed by atoms with van der Waals surface area (Å²) in [6.45, 7) is 9.86. The molecule has 0 amide bonds. The summed E-state index contributed by atoms with van der Waals surface area (Å²) in [7, 11) is 0. The zero-order chi connectivity index (χ0) is 43.6. The van der Waals surface area contributed by atoms with E-state index in [1.165, 1.54) is 12.5 Å². The number of aliphatic hydroxyl groups excluding tert-OH is 8. The molecule has 0 aromatic rings. The predicted molar refractivity (Wildman–Crippen MR) is 210 cm³/mol. The van der Waals surface area contributed by atoms with Crippen molar-refractivity contribution in [2.75, 3.05) is 19.8 Å². The standard InChI is InChI=1S/C44H70O17/c1-19-8-13-43(54-18-19)21(3)44(53)29(61-43)15-26-24-7-6-22-14-23(9-11-41(22,4)25(24)10-12-42(26,44)5)56-40-35(52)37(60-38-34(51)32(49)30(47)20(2)55-38)36(28(17-46)58-40)59-39-33(50)31(48)27(16-45)57-39/h6,19-21,23-40,45-53H,7-18H2,1-5H3/t19-,20+,21-,23+,24-,25+,26+,27+,28-,29+,30+,31+,32-,33-,34-,35-,36-,37-,38+,39+,40-,41+,42+,43-,44-/m0/s1. The number of aliphatic hydroxyl groups is 9. The molecule has 3 saturated carbocycles. The van der Waals surface area contributed by atoms with Gasteiger partial charge in [0.1, 0.15) is 66.6 Å². The average molecular weight is 871 g/mol. The molecule has 9 rings (SSSR count). The molecule has 5 heterocycles. The fourth-order valence-electron chi connectivity index (χ4n) is 13.8. The molecular formula is C44H70O17. The van der Waals surface area contributed by atoms with E-state index in [1.807, 2.05) is 0 Å². The van der Waals surface area contributed by atoms with Gasteiger partial charge in [0.25, 0.3) is 0 Å². The molecule has 61 heavy (non-hydrogen) atoms. The first kappa shape index (κ1) is 45.2. The van der Waals surface area contributed by atoms with Crippen LogP contribution in [0.5, 0.6) is 0 Å². The van der Waals surface area contributed by atoms with Crippen molar-refractivity contribution in [3.05, 3.63) is 11.6 Å². The Kier molecular flexibility index (Phi) is 12.2. The number of hydrogen-bond acceptors (Lipinski definition) is 17. The minimum Gasteiger partial charge on any atom is -0.394 e. The van der Waals surface area contributed by atoms with Crippen molar-refractivity contribution in [2.24, 2.45) is 40.4 Å². The van der Waals surface area contributed by atoms with Crippen LogP contribution >= 0.6 is 0 Å². The highest BCUT2D eigenvalue weighted by molar-refractivity contribution is 5.29. The normalized spacial score (nSPS) is 58.2. The molecule has 8 fully saturated rings. The summed E-state index contributed by atoms with van der Waals surface area (Å²) in [5, 5.41) is 97.8. The maximum absolute atomic E-state index is 12.8. The largest absolute Gasteiger partial charge is 0.394 e. The zero-order valence-electron chi connectivity index (χ0n) is 36.0. The van der Waals surface area contributed by atoms with Crippen LogP contribution in [0.4, 0.5) is 0 Å². The Hall–Kier alpha value is -0.940. The van der Waals surface area contributed by atoms with Crippen LogP contribution in [0.15, 0.2) is 11.6 Å². The van der Waals surface area contributed by atoms with Crippen LogP contribution in [0.3, 0.4) is 0 Å². The molecule has 0 aromatic carbocycles. The molecular weight excluding hydrogens is 800 g/mol. The lowest BCUT2D eigenvalue weighted by Gasteiger charge is -2.60. The third kappa shape index (κ3) is 6.97. The maximum atomic E-state index is 12.8. The Balaban J connectivity index is 0.909. The lowest BCUT2D eigenvalue weighted by molar-refractivity contribution is -0.376. The minimum absolute atomic E-state index is 0.0966. The van der Waals surface area contributed by atoms with E-state index in [0.29, 0.717) is 43.1 Å². The molecule has 348 valence electrons. The molecule has 0 bridgehead atoms. The predicted octanol–water partition coefficient (Wildman–Crippen LogP) is -0.0319. The van der Waals surface area contributed by atoms with Gasteiger partial charge in [-0.1, -0.05) is 39.3 Å². The van der Waals surface area contributed by atoms with Gasteiger partial charge in [0, 0.05) is 17.8 Å². The van der Waals surface area contributed by atoms with Crippen LogP contribution < -0.4 is 0 Å².